The molecule has 2 unspecified atom stereocenters. The highest BCUT2D eigenvalue weighted by atomic mass is 15.3. The van der Waals surface area contributed by atoms with Gasteiger partial charge in [-0.25, -0.2) is 0 Å². The third-order valence-corrected chi connectivity index (χ3v) is 4.72. The van der Waals surface area contributed by atoms with Crippen molar-refractivity contribution < 1.29 is 0 Å². The zero-order valence-electron chi connectivity index (χ0n) is 12.1. The van der Waals surface area contributed by atoms with E-state index in [2.05, 4.69) is 16.7 Å². The summed E-state index contributed by atoms with van der Waals surface area (Å²) in [6.07, 6.45) is 8.04. The van der Waals surface area contributed by atoms with Crippen LogP contribution in [0.1, 0.15) is 45.4 Å². The second kappa shape index (κ2) is 7.46. The first kappa shape index (κ1) is 14.3. The molecule has 2 N–H and O–H groups in total. The summed E-state index contributed by atoms with van der Waals surface area (Å²) in [4.78, 5) is 5.26. The van der Waals surface area contributed by atoms with Crippen molar-refractivity contribution in [2.24, 2.45) is 11.7 Å². The largest absolute Gasteiger partial charge is 0.327 e. The maximum atomic E-state index is 6.33. The molecule has 1 aliphatic heterocycles. The molecule has 18 heavy (non-hydrogen) atoms. The van der Waals surface area contributed by atoms with Gasteiger partial charge in [-0.2, -0.15) is 0 Å². The van der Waals surface area contributed by atoms with E-state index in [1.165, 1.54) is 77.8 Å². The standard InChI is InChI=1S/C15H31N3/c1-2-8-17-9-11-18(12-10-17)13-14-6-4-3-5-7-15(14)16/h14-15H,2-13,16H2,1H3. The quantitative estimate of drug-likeness (QED) is 0.777. The molecule has 0 amide bonds. The molecule has 106 valence electrons. The van der Waals surface area contributed by atoms with Crippen molar-refractivity contribution in [3.05, 3.63) is 0 Å². The molecule has 3 nitrogen and oxygen atoms in total. The Bertz CT molecular complexity index is 224. The SMILES string of the molecule is CCCN1CCN(CC2CCCCCC2N)CC1. The topological polar surface area (TPSA) is 32.5 Å². The molecular weight excluding hydrogens is 222 g/mol. The summed E-state index contributed by atoms with van der Waals surface area (Å²) < 4.78 is 0. The Balaban J connectivity index is 1.73. The van der Waals surface area contributed by atoms with Gasteiger partial charge in [-0.3, -0.25) is 0 Å². The fourth-order valence-corrected chi connectivity index (χ4v) is 3.48. The molecule has 3 heteroatoms. The van der Waals surface area contributed by atoms with E-state index >= 15 is 0 Å². The Labute approximate surface area is 113 Å². The Morgan fingerprint density at radius 2 is 1.61 bits per heavy atom. The monoisotopic (exact) mass is 253 g/mol. The third kappa shape index (κ3) is 4.22. The average molecular weight is 253 g/mol. The summed E-state index contributed by atoms with van der Waals surface area (Å²) in [5, 5.41) is 0. The molecule has 0 bridgehead atoms. The van der Waals surface area contributed by atoms with Crippen molar-refractivity contribution in [1.82, 2.24) is 9.80 Å². The van der Waals surface area contributed by atoms with E-state index in [4.69, 9.17) is 5.73 Å². The van der Waals surface area contributed by atoms with E-state index in [0.29, 0.717) is 6.04 Å². The van der Waals surface area contributed by atoms with Gasteiger partial charge in [-0.1, -0.05) is 26.2 Å². The summed E-state index contributed by atoms with van der Waals surface area (Å²) >= 11 is 0. The molecule has 0 aromatic rings. The Morgan fingerprint density at radius 3 is 2.33 bits per heavy atom. The van der Waals surface area contributed by atoms with Gasteiger partial charge in [0.2, 0.25) is 0 Å². The highest BCUT2D eigenvalue weighted by Crippen LogP contribution is 2.23. The van der Waals surface area contributed by atoms with Crippen LogP contribution in [0.5, 0.6) is 0 Å². The van der Waals surface area contributed by atoms with Gasteiger partial charge in [-0.05, 0) is 31.7 Å². The van der Waals surface area contributed by atoms with Gasteiger partial charge in [0, 0.05) is 38.8 Å². The minimum atomic E-state index is 0.459. The zero-order valence-corrected chi connectivity index (χ0v) is 12.1. The first-order chi connectivity index (χ1) is 8.79. The van der Waals surface area contributed by atoms with Crippen LogP contribution in [0.3, 0.4) is 0 Å². The summed E-state index contributed by atoms with van der Waals surface area (Å²) in [6.45, 7) is 9.83. The molecule has 0 aromatic heterocycles. The second-order valence-corrected chi connectivity index (χ2v) is 6.20. The predicted molar refractivity (Wildman–Crippen MR) is 77.7 cm³/mol. The smallest absolute Gasteiger partial charge is 0.0110 e. The molecule has 0 aromatic carbocycles. The maximum Gasteiger partial charge on any atom is 0.0110 e. The van der Waals surface area contributed by atoms with E-state index in [1.54, 1.807) is 0 Å². The zero-order chi connectivity index (χ0) is 12.8. The van der Waals surface area contributed by atoms with Crippen LogP contribution in [-0.4, -0.2) is 55.1 Å². The van der Waals surface area contributed by atoms with Crippen LogP contribution in [0.15, 0.2) is 0 Å². The van der Waals surface area contributed by atoms with Crippen LogP contribution < -0.4 is 5.73 Å². The van der Waals surface area contributed by atoms with Crippen LogP contribution >= 0.6 is 0 Å². The fourth-order valence-electron chi connectivity index (χ4n) is 3.48. The lowest BCUT2D eigenvalue weighted by Crippen LogP contribution is -2.49. The van der Waals surface area contributed by atoms with Crippen molar-refractivity contribution in [3.63, 3.8) is 0 Å². The Morgan fingerprint density at radius 1 is 0.944 bits per heavy atom. The maximum absolute atomic E-state index is 6.33. The molecule has 2 fully saturated rings. The van der Waals surface area contributed by atoms with E-state index in [1.807, 2.05) is 0 Å². The van der Waals surface area contributed by atoms with Crippen molar-refractivity contribution in [1.29, 1.82) is 0 Å². The van der Waals surface area contributed by atoms with Crippen LogP contribution in [0.4, 0.5) is 0 Å². The lowest BCUT2D eigenvalue weighted by atomic mass is 9.94. The Hall–Kier alpha value is -0.120. The van der Waals surface area contributed by atoms with Gasteiger partial charge in [0.15, 0.2) is 0 Å². The highest BCUT2D eigenvalue weighted by Gasteiger charge is 2.24. The fraction of sp³-hybridized carbons (Fsp3) is 1.00. The number of nitrogens with two attached hydrogens (primary N) is 1. The van der Waals surface area contributed by atoms with Gasteiger partial charge >= 0.3 is 0 Å². The minimum absolute atomic E-state index is 0.459. The van der Waals surface area contributed by atoms with Crippen molar-refractivity contribution >= 4 is 0 Å². The number of nitrogens with zero attached hydrogens (tertiary/aromatic N) is 2. The van der Waals surface area contributed by atoms with Crippen molar-refractivity contribution in [2.45, 2.75) is 51.5 Å². The van der Waals surface area contributed by atoms with E-state index in [-0.39, 0.29) is 0 Å². The molecule has 1 heterocycles. The van der Waals surface area contributed by atoms with E-state index in [9.17, 15) is 0 Å². The van der Waals surface area contributed by atoms with E-state index in [0.717, 1.165) is 5.92 Å². The molecular formula is C15H31N3. The van der Waals surface area contributed by atoms with Gasteiger partial charge in [0.05, 0.1) is 0 Å². The lowest BCUT2D eigenvalue weighted by Gasteiger charge is -2.37. The van der Waals surface area contributed by atoms with Gasteiger partial charge in [0.25, 0.3) is 0 Å². The van der Waals surface area contributed by atoms with Crippen LogP contribution in [-0.2, 0) is 0 Å². The molecule has 0 radical (unpaired) electrons. The van der Waals surface area contributed by atoms with Gasteiger partial charge in [-0.15, -0.1) is 0 Å². The van der Waals surface area contributed by atoms with Crippen LogP contribution in [0.2, 0.25) is 0 Å². The molecule has 1 saturated heterocycles. The minimum Gasteiger partial charge on any atom is -0.327 e. The Kier molecular flexibility index (Phi) is 5.93. The van der Waals surface area contributed by atoms with Crippen LogP contribution in [0, 0.1) is 5.92 Å². The molecule has 1 saturated carbocycles. The number of hydrogen-bond acceptors (Lipinski definition) is 3. The summed E-state index contributed by atoms with van der Waals surface area (Å²) in [6, 6.07) is 0.459. The second-order valence-electron chi connectivity index (χ2n) is 6.20. The highest BCUT2D eigenvalue weighted by molar-refractivity contribution is 4.81. The molecule has 2 rings (SSSR count). The normalized spacial score (nSPS) is 32.3. The summed E-state index contributed by atoms with van der Waals surface area (Å²) in [5.41, 5.74) is 6.33. The first-order valence-corrected chi connectivity index (χ1v) is 8.00. The number of rotatable bonds is 4. The summed E-state index contributed by atoms with van der Waals surface area (Å²) in [5.74, 6) is 0.755. The molecule has 0 spiro atoms. The van der Waals surface area contributed by atoms with Gasteiger partial charge < -0.3 is 15.5 Å². The van der Waals surface area contributed by atoms with Gasteiger partial charge in [0.1, 0.15) is 0 Å². The first-order valence-electron chi connectivity index (χ1n) is 8.00. The third-order valence-electron chi connectivity index (χ3n) is 4.72. The van der Waals surface area contributed by atoms with Crippen LogP contribution in [0.25, 0.3) is 0 Å². The average Bonchev–Trinajstić information content (AvgIpc) is 2.58. The molecule has 2 aliphatic rings. The number of hydrogen-bond donors (Lipinski definition) is 1. The number of piperazine rings is 1. The molecule has 2 atom stereocenters. The van der Waals surface area contributed by atoms with E-state index < -0.39 is 0 Å². The lowest BCUT2D eigenvalue weighted by molar-refractivity contribution is 0.111. The molecule has 1 aliphatic carbocycles. The van der Waals surface area contributed by atoms with Crippen molar-refractivity contribution in [3.8, 4) is 0 Å². The van der Waals surface area contributed by atoms with Crippen molar-refractivity contribution in [2.75, 3.05) is 39.3 Å². The summed E-state index contributed by atoms with van der Waals surface area (Å²) in [7, 11) is 0. The predicted octanol–water partition coefficient (Wildman–Crippen LogP) is 1.92.